The van der Waals surface area contributed by atoms with Crippen LogP contribution >= 0.6 is 11.3 Å². The number of hydrogen-bond acceptors (Lipinski definition) is 5. The molecule has 0 unspecified atom stereocenters. The van der Waals surface area contributed by atoms with Crippen molar-refractivity contribution in [2.75, 3.05) is 25.0 Å². The molecule has 114 valence electrons. The first-order chi connectivity index (χ1) is 10.7. The number of nitrogens with one attached hydrogen (secondary N) is 2. The first-order valence-electron chi connectivity index (χ1n) is 7.74. The summed E-state index contributed by atoms with van der Waals surface area (Å²) >= 11 is 1.80. The zero-order chi connectivity index (χ0) is 15.1. The van der Waals surface area contributed by atoms with Crippen molar-refractivity contribution >= 4 is 33.5 Å². The highest BCUT2D eigenvalue weighted by Crippen LogP contribution is 2.39. The van der Waals surface area contributed by atoms with E-state index in [9.17, 15) is 0 Å². The lowest BCUT2D eigenvalue weighted by Crippen LogP contribution is -2.51. The Balaban J connectivity index is 1.84. The molecule has 4 nitrogen and oxygen atoms in total. The van der Waals surface area contributed by atoms with E-state index in [0.29, 0.717) is 6.04 Å². The number of anilines is 2. The summed E-state index contributed by atoms with van der Waals surface area (Å²) in [5.41, 5.74) is 3.33. The Bertz CT molecular complexity index is 734. The SMILES string of the molecule is Cc1cc2c(s1)Nc1ccccc1N=C2N1CCN[C@@H](C)C1. The second-order valence-electron chi connectivity index (χ2n) is 5.98. The summed E-state index contributed by atoms with van der Waals surface area (Å²) in [6.07, 6.45) is 0. The molecule has 0 radical (unpaired) electrons. The van der Waals surface area contributed by atoms with E-state index in [4.69, 9.17) is 4.99 Å². The van der Waals surface area contributed by atoms with Crippen molar-refractivity contribution in [1.82, 2.24) is 10.2 Å². The number of nitrogens with zero attached hydrogens (tertiary/aromatic N) is 2. The van der Waals surface area contributed by atoms with E-state index in [0.717, 1.165) is 36.8 Å². The zero-order valence-electron chi connectivity index (χ0n) is 12.9. The van der Waals surface area contributed by atoms with Crippen molar-refractivity contribution in [3.8, 4) is 0 Å². The fourth-order valence-corrected chi connectivity index (χ4v) is 4.03. The maximum atomic E-state index is 5.01. The lowest BCUT2D eigenvalue weighted by Gasteiger charge is -2.34. The molecule has 1 atom stereocenters. The van der Waals surface area contributed by atoms with Crippen LogP contribution in [0.5, 0.6) is 0 Å². The summed E-state index contributed by atoms with van der Waals surface area (Å²) in [6, 6.07) is 11.0. The van der Waals surface area contributed by atoms with E-state index >= 15 is 0 Å². The molecule has 1 aromatic heterocycles. The van der Waals surface area contributed by atoms with Gasteiger partial charge in [-0.2, -0.15) is 0 Å². The lowest BCUT2D eigenvalue weighted by molar-refractivity contribution is 0.304. The highest BCUT2D eigenvalue weighted by Gasteiger charge is 2.25. The first kappa shape index (κ1) is 13.8. The molecule has 0 amide bonds. The largest absolute Gasteiger partial charge is 0.353 e. The molecule has 2 aliphatic heterocycles. The summed E-state index contributed by atoms with van der Waals surface area (Å²) in [7, 11) is 0. The maximum Gasteiger partial charge on any atom is 0.139 e. The second-order valence-corrected chi connectivity index (χ2v) is 7.23. The van der Waals surface area contributed by atoms with Gasteiger partial charge in [0, 0.05) is 30.6 Å². The number of para-hydroxylation sites is 2. The van der Waals surface area contributed by atoms with Crippen LogP contribution in [0, 0.1) is 6.92 Å². The summed E-state index contributed by atoms with van der Waals surface area (Å²) in [5.74, 6) is 1.10. The predicted molar refractivity (Wildman–Crippen MR) is 94.0 cm³/mol. The van der Waals surface area contributed by atoms with Crippen molar-refractivity contribution in [2.24, 2.45) is 4.99 Å². The Hall–Kier alpha value is -1.85. The molecule has 0 aliphatic carbocycles. The molecule has 2 aliphatic rings. The van der Waals surface area contributed by atoms with Gasteiger partial charge in [-0.25, -0.2) is 4.99 Å². The van der Waals surface area contributed by atoms with Crippen LogP contribution in [0.4, 0.5) is 16.4 Å². The van der Waals surface area contributed by atoms with Crippen molar-refractivity contribution < 1.29 is 0 Å². The van der Waals surface area contributed by atoms with Gasteiger partial charge in [0.25, 0.3) is 0 Å². The van der Waals surface area contributed by atoms with Gasteiger partial charge in [-0.1, -0.05) is 12.1 Å². The Morgan fingerprint density at radius 3 is 3.05 bits per heavy atom. The molecule has 2 N–H and O–H groups in total. The molecule has 0 spiro atoms. The first-order valence-corrected chi connectivity index (χ1v) is 8.56. The van der Waals surface area contributed by atoms with Crippen LogP contribution in [-0.4, -0.2) is 36.4 Å². The van der Waals surface area contributed by atoms with Gasteiger partial charge in [-0.15, -0.1) is 11.3 Å². The van der Waals surface area contributed by atoms with E-state index in [2.05, 4.69) is 53.6 Å². The molecular weight excluding hydrogens is 292 g/mol. The van der Waals surface area contributed by atoms with Gasteiger partial charge in [-0.05, 0) is 32.0 Å². The summed E-state index contributed by atoms with van der Waals surface area (Å²) < 4.78 is 0. The van der Waals surface area contributed by atoms with Crippen molar-refractivity contribution in [2.45, 2.75) is 19.9 Å². The van der Waals surface area contributed by atoms with Crippen molar-refractivity contribution in [3.05, 3.63) is 40.8 Å². The van der Waals surface area contributed by atoms with Crippen LogP contribution in [-0.2, 0) is 0 Å². The minimum Gasteiger partial charge on any atom is -0.353 e. The van der Waals surface area contributed by atoms with Crippen LogP contribution in [0.2, 0.25) is 0 Å². The number of hydrogen-bond donors (Lipinski definition) is 2. The monoisotopic (exact) mass is 312 g/mol. The summed E-state index contributed by atoms with van der Waals surface area (Å²) in [6.45, 7) is 7.39. The Morgan fingerprint density at radius 2 is 2.18 bits per heavy atom. The lowest BCUT2D eigenvalue weighted by atomic mass is 10.2. The number of thiophene rings is 1. The van der Waals surface area contributed by atoms with E-state index in [-0.39, 0.29) is 0 Å². The molecule has 22 heavy (non-hydrogen) atoms. The number of benzene rings is 1. The average Bonchev–Trinajstić information content (AvgIpc) is 2.79. The number of aliphatic imine (C=N–C) groups is 1. The molecule has 1 fully saturated rings. The third-order valence-corrected chi connectivity index (χ3v) is 5.11. The van der Waals surface area contributed by atoms with Gasteiger partial charge in [-0.3, -0.25) is 0 Å². The highest BCUT2D eigenvalue weighted by atomic mass is 32.1. The molecule has 1 aromatic carbocycles. The van der Waals surface area contributed by atoms with Crippen LogP contribution in [0.3, 0.4) is 0 Å². The Morgan fingerprint density at radius 1 is 1.32 bits per heavy atom. The molecule has 0 bridgehead atoms. The van der Waals surface area contributed by atoms with Gasteiger partial charge in [0.2, 0.25) is 0 Å². The number of fused-ring (bicyclic) bond motifs is 2. The number of piperazine rings is 1. The van der Waals surface area contributed by atoms with Gasteiger partial charge >= 0.3 is 0 Å². The minimum atomic E-state index is 0.492. The van der Waals surface area contributed by atoms with Gasteiger partial charge < -0.3 is 15.5 Å². The molecule has 2 aromatic rings. The van der Waals surface area contributed by atoms with Crippen molar-refractivity contribution in [3.63, 3.8) is 0 Å². The minimum absolute atomic E-state index is 0.492. The Kier molecular flexibility index (Phi) is 3.39. The van der Waals surface area contributed by atoms with Crippen LogP contribution in [0.25, 0.3) is 0 Å². The maximum absolute atomic E-state index is 5.01. The van der Waals surface area contributed by atoms with Crippen LogP contribution < -0.4 is 10.6 Å². The average molecular weight is 312 g/mol. The molecule has 1 saturated heterocycles. The van der Waals surface area contributed by atoms with Crippen molar-refractivity contribution in [1.29, 1.82) is 0 Å². The number of aryl methyl sites for hydroxylation is 1. The third kappa shape index (κ3) is 2.40. The van der Waals surface area contributed by atoms with Gasteiger partial charge in [0.1, 0.15) is 10.8 Å². The van der Waals surface area contributed by atoms with E-state index < -0.39 is 0 Å². The van der Waals surface area contributed by atoms with E-state index in [1.807, 2.05) is 6.07 Å². The highest BCUT2D eigenvalue weighted by molar-refractivity contribution is 7.16. The molecular formula is C17H20N4S. The molecule has 0 saturated carbocycles. The van der Waals surface area contributed by atoms with Gasteiger partial charge in [0.15, 0.2) is 0 Å². The zero-order valence-corrected chi connectivity index (χ0v) is 13.7. The summed E-state index contributed by atoms with van der Waals surface area (Å²) in [4.78, 5) is 8.74. The second kappa shape index (κ2) is 5.41. The number of rotatable bonds is 0. The van der Waals surface area contributed by atoms with Crippen LogP contribution in [0.15, 0.2) is 35.3 Å². The molecule has 3 heterocycles. The van der Waals surface area contributed by atoms with E-state index in [1.54, 1.807) is 11.3 Å². The quantitative estimate of drug-likeness (QED) is 0.782. The van der Waals surface area contributed by atoms with Crippen LogP contribution in [0.1, 0.15) is 17.4 Å². The Labute approximate surface area is 134 Å². The normalized spacial score (nSPS) is 20.5. The summed E-state index contributed by atoms with van der Waals surface area (Å²) in [5, 5.41) is 8.27. The standard InChI is InChI=1S/C17H20N4S/c1-11-10-21(8-7-18-11)16-13-9-12(2)22-17(13)20-15-6-4-3-5-14(15)19-16/h3-6,9,11,18,20H,7-8,10H2,1-2H3/t11-/m0/s1. The topological polar surface area (TPSA) is 39.7 Å². The number of amidine groups is 1. The van der Waals surface area contributed by atoms with Gasteiger partial charge in [0.05, 0.1) is 16.9 Å². The molecule has 5 heteroatoms. The molecule has 4 rings (SSSR count). The predicted octanol–water partition coefficient (Wildman–Crippen LogP) is 3.49. The van der Waals surface area contributed by atoms with E-state index in [1.165, 1.54) is 15.4 Å². The third-order valence-electron chi connectivity index (χ3n) is 4.14. The fourth-order valence-electron chi connectivity index (χ4n) is 3.11. The fraction of sp³-hybridized carbons (Fsp3) is 0.353. The smallest absolute Gasteiger partial charge is 0.139 e.